The molecule has 0 aliphatic heterocycles. The Hall–Kier alpha value is -1.60. The third kappa shape index (κ3) is 4.50. The van der Waals surface area contributed by atoms with Crippen molar-refractivity contribution in [2.75, 3.05) is 6.54 Å². The Kier molecular flexibility index (Phi) is 5.82. The maximum absolute atomic E-state index is 3.63. The van der Waals surface area contributed by atoms with E-state index in [1.54, 1.807) is 0 Å². The molecule has 0 unspecified atom stereocenters. The molecule has 106 valence electrons. The van der Waals surface area contributed by atoms with Crippen LogP contribution < -0.4 is 5.32 Å². The van der Waals surface area contributed by atoms with E-state index < -0.39 is 0 Å². The fraction of sp³-hybridized carbons (Fsp3) is 0.368. The SMILES string of the molecule is Cc1ccccc1[C@H](C)NCCCCc1ccccc1. The average Bonchev–Trinajstić information content (AvgIpc) is 2.48. The number of aryl methyl sites for hydroxylation is 2. The zero-order valence-corrected chi connectivity index (χ0v) is 12.6. The molecule has 1 heteroatoms. The van der Waals surface area contributed by atoms with Gasteiger partial charge in [0.1, 0.15) is 0 Å². The van der Waals surface area contributed by atoms with E-state index in [4.69, 9.17) is 0 Å². The van der Waals surface area contributed by atoms with Gasteiger partial charge in [-0.2, -0.15) is 0 Å². The smallest absolute Gasteiger partial charge is 0.0294 e. The topological polar surface area (TPSA) is 12.0 Å². The first-order valence-corrected chi connectivity index (χ1v) is 7.60. The van der Waals surface area contributed by atoms with Crippen LogP contribution in [0.2, 0.25) is 0 Å². The highest BCUT2D eigenvalue weighted by Gasteiger charge is 2.06. The molecular formula is C19H25N. The molecular weight excluding hydrogens is 242 g/mol. The van der Waals surface area contributed by atoms with Gasteiger partial charge < -0.3 is 5.32 Å². The van der Waals surface area contributed by atoms with E-state index in [0.29, 0.717) is 6.04 Å². The van der Waals surface area contributed by atoms with Crippen molar-refractivity contribution in [2.24, 2.45) is 0 Å². The molecule has 2 aromatic rings. The first kappa shape index (κ1) is 14.8. The molecule has 0 aromatic heterocycles. The van der Waals surface area contributed by atoms with Gasteiger partial charge in [0.25, 0.3) is 0 Å². The van der Waals surface area contributed by atoms with E-state index in [2.05, 4.69) is 73.8 Å². The van der Waals surface area contributed by atoms with Crippen LogP contribution in [0.3, 0.4) is 0 Å². The lowest BCUT2D eigenvalue weighted by Gasteiger charge is -2.16. The molecule has 2 rings (SSSR count). The summed E-state index contributed by atoms with van der Waals surface area (Å²) < 4.78 is 0. The van der Waals surface area contributed by atoms with Crippen LogP contribution in [-0.2, 0) is 6.42 Å². The van der Waals surface area contributed by atoms with Crippen molar-refractivity contribution in [3.63, 3.8) is 0 Å². The maximum Gasteiger partial charge on any atom is 0.0294 e. The van der Waals surface area contributed by atoms with Crippen LogP contribution in [0.4, 0.5) is 0 Å². The molecule has 0 spiro atoms. The standard InChI is InChI=1S/C19H25N/c1-16-10-6-7-14-19(16)17(2)20-15-9-8-13-18-11-4-3-5-12-18/h3-7,10-12,14,17,20H,8-9,13,15H2,1-2H3/t17-/m0/s1. The third-order valence-corrected chi connectivity index (χ3v) is 3.84. The summed E-state index contributed by atoms with van der Waals surface area (Å²) in [5.74, 6) is 0. The maximum atomic E-state index is 3.63. The fourth-order valence-corrected chi connectivity index (χ4v) is 2.60. The average molecular weight is 267 g/mol. The van der Waals surface area contributed by atoms with Crippen LogP contribution >= 0.6 is 0 Å². The number of benzene rings is 2. The Labute approximate surface area is 123 Å². The molecule has 20 heavy (non-hydrogen) atoms. The molecule has 1 atom stereocenters. The fourth-order valence-electron chi connectivity index (χ4n) is 2.60. The van der Waals surface area contributed by atoms with Gasteiger partial charge in [0.05, 0.1) is 0 Å². The highest BCUT2D eigenvalue weighted by molar-refractivity contribution is 5.28. The third-order valence-electron chi connectivity index (χ3n) is 3.84. The van der Waals surface area contributed by atoms with Gasteiger partial charge in [-0.1, -0.05) is 54.6 Å². The summed E-state index contributed by atoms with van der Waals surface area (Å²) in [7, 11) is 0. The van der Waals surface area contributed by atoms with Gasteiger partial charge in [-0.25, -0.2) is 0 Å². The zero-order chi connectivity index (χ0) is 14.2. The van der Waals surface area contributed by atoms with Crippen molar-refractivity contribution in [1.82, 2.24) is 5.32 Å². The predicted molar refractivity (Wildman–Crippen MR) is 87.0 cm³/mol. The van der Waals surface area contributed by atoms with Crippen molar-refractivity contribution in [3.05, 3.63) is 71.3 Å². The minimum Gasteiger partial charge on any atom is -0.310 e. The monoisotopic (exact) mass is 267 g/mol. The molecule has 0 saturated heterocycles. The number of unbranched alkanes of at least 4 members (excludes halogenated alkanes) is 1. The number of hydrogen-bond acceptors (Lipinski definition) is 1. The number of nitrogens with one attached hydrogen (secondary N) is 1. The van der Waals surface area contributed by atoms with Gasteiger partial charge in [-0.15, -0.1) is 0 Å². The molecule has 0 aliphatic rings. The summed E-state index contributed by atoms with van der Waals surface area (Å²) >= 11 is 0. The molecule has 0 fully saturated rings. The second kappa shape index (κ2) is 7.86. The molecule has 0 amide bonds. The van der Waals surface area contributed by atoms with E-state index >= 15 is 0 Å². The highest BCUT2D eigenvalue weighted by Crippen LogP contribution is 2.16. The van der Waals surface area contributed by atoms with Crippen LogP contribution in [0, 0.1) is 6.92 Å². The van der Waals surface area contributed by atoms with Crippen LogP contribution in [0.1, 0.15) is 42.5 Å². The summed E-state index contributed by atoms with van der Waals surface area (Å²) in [5, 5.41) is 3.63. The summed E-state index contributed by atoms with van der Waals surface area (Å²) in [6.07, 6.45) is 3.66. The van der Waals surface area contributed by atoms with Crippen molar-refractivity contribution >= 4 is 0 Å². The minimum absolute atomic E-state index is 0.438. The lowest BCUT2D eigenvalue weighted by atomic mass is 10.0. The quantitative estimate of drug-likeness (QED) is 0.719. The minimum atomic E-state index is 0.438. The van der Waals surface area contributed by atoms with Crippen LogP contribution in [0.15, 0.2) is 54.6 Å². The van der Waals surface area contributed by atoms with E-state index in [1.165, 1.54) is 36.0 Å². The summed E-state index contributed by atoms with van der Waals surface area (Å²) in [5.41, 5.74) is 4.23. The lowest BCUT2D eigenvalue weighted by Crippen LogP contribution is -2.20. The van der Waals surface area contributed by atoms with Crippen molar-refractivity contribution in [2.45, 2.75) is 39.2 Å². The first-order chi connectivity index (χ1) is 9.77. The molecule has 1 N–H and O–H groups in total. The second-order valence-electron chi connectivity index (χ2n) is 5.48. The van der Waals surface area contributed by atoms with Crippen LogP contribution in [0.25, 0.3) is 0 Å². The van der Waals surface area contributed by atoms with E-state index in [-0.39, 0.29) is 0 Å². The zero-order valence-electron chi connectivity index (χ0n) is 12.6. The molecule has 2 aromatic carbocycles. The van der Waals surface area contributed by atoms with Crippen molar-refractivity contribution in [3.8, 4) is 0 Å². The highest BCUT2D eigenvalue weighted by atomic mass is 14.9. The summed E-state index contributed by atoms with van der Waals surface area (Å²) in [6, 6.07) is 19.8. The predicted octanol–water partition coefficient (Wildman–Crippen LogP) is 4.67. The molecule has 0 heterocycles. The van der Waals surface area contributed by atoms with Gasteiger partial charge in [0, 0.05) is 6.04 Å². The molecule has 0 bridgehead atoms. The molecule has 0 saturated carbocycles. The van der Waals surface area contributed by atoms with Crippen molar-refractivity contribution in [1.29, 1.82) is 0 Å². The van der Waals surface area contributed by atoms with Crippen molar-refractivity contribution < 1.29 is 0 Å². The molecule has 1 nitrogen and oxygen atoms in total. The van der Waals surface area contributed by atoms with Gasteiger partial charge in [-0.3, -0.25) is 0 Å². The lowest BCUT2D eigenvalue weighted by molar-refractivity contribution is 0.545. The largest absolute Gasteiger partial charge is 0.310 e. The number of hydrogen-bond donors (Lipinski definition) is 1. The van der Waals surface area contributed by atoms with Gasteiger partial charge >= 0.3 is 0 Å². The number of rotatable bonds is 7. The van der Waals surface area contributed by atoms with Gasteiger partial charge in [0.15, 0.2) is 0 Å². The molecule has 0 aliphatic carbocycles. The Balaban J connectivity index is 1.67. The normalized spacial score (nSPS) is 12.3. The van der Waals surface area contributed by atoms with E-state index in [9.17, 15) is 0 Å². The van der Waals surface area contributed by atoms with Gasteiger partial charge in [0.2, 0.25) is 0 Å². The van der Waals surface area contributed by atoms with Crippen LogP contribution in [-0.4, -0.2) is 6.54 Å². The Morgan fingerprint density at radius 1 is 0.900 bits per heavy atom. The summed E-state index contributed by atoms with van der Waals surface area (Å²) in [4.78, 5) is 0. The Morgan fingerprint density at radius 2 is 1.60 bits per heavy atom. The van der Waals surface area contributed by atoms with E-state index in [1.807, 2.05) is 0 Å². The van der Waals surface area contributed by atoms with Crippen LogP contribution in [0.5, 0.6) is 0 Å². The second-order valence-corrected chi connectivity index (χ2v) is 5.48. The summed E-state index contributed by atoms with van der Waals surface area (Å²) in [6.45, 7) is 5.52. The Bertz CT molecular complexity index is 504. The Morgan fingerprint density at radius 3 is 2.35 bits per heavy atom. The first-order valence-electron chi connectivity index (χ1n) is 7.60. The van der Waals surface area contributed by atoms with Gasteiger partial charge in [-0.05, 0) is 56.3 Å². The van der Waals surface area contributed by atoms with E-state index in [0.717, 1.165) is 6.54 Å². The molecule has 0 radical (unpaired) electrons.